The van der Waals surface area contributed by atoms with Crippen molar-refractivity contribution in [1.29, 1.82) is 0 Å². The maximum absolute atomic E-state index is 6.54. The molecule has 2 fully saturated rings. The molecule has 0 aromatic heterocycles. The van der Waals surface area contributed by atoms with Crippen molar-refractivity contribution >= 4 is 11.6 Å². The molecule has 0 heterocycles. The number of aryl methyl sites for hydroxylation is 2. The van der Waals surface area contributed by atoms with Crippen molar-refractivity contribution in [3.8, 4) is 0 Å². The van der Waals surface area contributed by atoms with Crippen molar-refractivity contribution in [3.05, 3.63) is 33.8 Å². The van der Waals surface area contributed by atoms with Gasteiger partial charge in [-0.2, -0.15) is 0 Å². The second-order valence-electron chi connectivity index (χ2n) is 6.17. The molecule has 18 heavy (non-hydrogen) atoms. The van der Waals surface area contributed by atoms with E-state index in [9.17, 15) is 0 Å². The summed E-state index contributed by atoms with van der Waals surface area (Å²) >= 11 is 6.17. The first-order valence-corrected chi connectivity index (χ1v) is 7.49. The fourth-order valence-electron chi connectivity index (χ4n) is 3.95. The monoisotopic (exact) mass is 263 g/mol. The van der Waals surface area contributed by atoms with Crippen LogP contribution in [0.2, 0.25) is 5.02 Å². The molecule has 0 saturated heterocycles. The van der Waals surface area contributed by atoms with Gasteiger partial charge in [-0.15, -0.1) is 0 Å². The zero-order valence-corrected chi connectivity index (χ0v) is 12.0. The smallest absolute Gasteiger partial charge is 0.0438 e. The Hall–Kier alpha value is -0.530. The maximum Gasteiger partial charge on any atom is 0.0438 e. The first-order valence-electron chi connectivity index (χ1n) is 7.12. The van der Waals surface area contributed by atoms with Gasteiger partial charge in [-0.25, -0.2) is 0 Å². The highest BCUT2D eigenvalue weighted by molar-refractivity contribution is 6.31. The molecule has 0 aliphatic heterocycles. The van der Waals surface area contributed by atoms with Gasteiger partial charge in [-0.3, -0.25) is 0 Å². The molecule has 2 aliphatic rings. The third-order valence-electron chi connectivity index (χ3n) is 5.04. The van der Waals surface area contributed by atoms with Gasteiger partial charge in [0.05, 0.1) is 0 Å². The van der Waals surface area contributed by atoms with E-state index in [-0.39, 0.29) is 6.04 Å². The number of hydrogen-bond donors (Lipinski definition) is 1. The molecule has 0 amide bonds. The van der Waals surface area contributed by atoms with Gasteiger partial charge >= 0.3 is 0 Å². The molecule has 2 N–H and O–H groups in total. The molecule has 2 aliphatic carbocycles. The molecule has 98 valence electrons. The normalized spacial score (nSPS) is 31.9. The Kier molecular flexibility index (Phi) is 3.15. The van der Waals surface area contributed by atoms with E-state index in [1.54, 1.807) is 0 Å². The minimum atomic E-state index is 0.217. The number of nitrogens with two attached hydrogens (primary N) is 1. The summed E-state index contributed by atoms with van der Waals surface area (Å²) in [6.07, 6.45) is 5.61. The standard InChI is InChI=1S/C16H22ClN/c1-9-8-14(17)10(2)7-13(9)16(18)15-11-5-3-4-6-12(11)15/h7-8,11-12,15-16H,3-6,18H2,1-2H3. The van der Waals surface area contributed by atoms with E-state index in [0.717, 1.165) is 28.3 Å². The summed E-state index contributed by atoms with van der Waals surface area (Å²) in [5.41, 5.74) is 10.3. The lowest BCUT2D eigenvalue weighted by atomic mass is 9.95. The maximum atomic E-state index is 6.54. The minimum Gasteiger partial charge on any atom is -0.324 e. The average molecular weight is 264 g/mol. The molecule has 3 rings (SSSR count). The highest BCUT2D eigenvalue weighted by Gasteiger charge is 2.53. The summed E-state index contributed by atoms with van der Waals surface area (Å²) in [6.45, 7) is 4.20. The van der Waals surface area contributed by atoms with Crippen LogP contribution >= 0.6 is 11.6 Å². The van der Waals surface area contributed by atoms with Crippen LogP contribution < -0.4 is 5.73 Å². The van der Waals surface area contributed by atoms with Crippen LogP contribution in [0.3, 0.4) is 0 Å². The summed E-state index contributed by atoms with van der Waals surface area (Å²) in [5, 5.41) is 0.858. The van der Waals surface area contributed by atoms with Gasteiger partial charge in [0.25, 0.3) is 0 Å². The topological polar surface area (TPSA) is 26.0 Å². The van der Waals surface area contributed by atoms with Crippen LogP contribution in [0.15, 0.2) is 12.1 Å². The zero-order valence-electron chi connectivity index (χ0n) is 11.2. The fraction of sp³-hybridized carbons (Fsp3) is 0.625. The van der Waals surface area contributed by atoms with E-state index in [2.05, 4.69) is 26.0 Å². The Morgan fingerprint density at radius 2 is 1.72 bits per heavy atom. The first kappa shape index (κ1) is 12.5. The Morgan fingerprint density at radius 3 is 2.33 bits per heavy atom. The number of halogens is 1. The van der Waals surface area contributed by atoms with Crippen molar-refractivity contribution < 1.29 is 0 Å². The number of hydrogen-bond acceptors (Lipinski definition) is 1. The third-order valence-corrected chi connectivity index (χ3v) is 5.45. The lowest BCUT2D eigenvalue weighted by Gasteiger charge is -2.16. The second-order valence-corrected chi connectivity index (χ2v) is 6.58. The highest BCUT2D eigenvalue weighted by atomic mass is 35.5. The molecule has 1 aromatic carbocycles. The third kappa shape index (κ3) is 1.98. The average Bonchev–Trinajstić information content (AvgIpc) is 3.07. The van der Waals surface area contributed by atoms with E-state index in [4.69, 9.17) is 17.3 Å². The van der Waals surface area contributed by atoms with Crippen molar-refractivity contribution in [2.45, 2.75) is 45.6 Å². The van der Waals surface area contributed by atoms with E-state index < -0.39 is 0 Å². The van der Waals surface area contributed by atoms with Gasteiger partial charge in [0, 0.05) is 11.1 Å². The van der Waals surface area contributed by atoms with Gasteiger partial charge in [-0.05, 0) is 67.2 Å². The predicted molar refractivity (Wildman–Crippen MR) is 76.8 cm³/mol. The largest absolute Gasteiger partial charge is 0.324 e. The van der Waals surface area contributed by atoms with Crippen molar-refractivity contribution in [2.24, 2.45) is 23.5 Å². The molecule has 2 heteroatoms. The van der Waals surface area contributed by atoms with Crippen LogP contribution in [0.4, 0.5) is 0 Å². The van der Waals surface area contributed by atoms with E-state index in [0.29, 0.717) is 0 Å². The van der Waals surface area contributed by atoms with E-state index in [1.807, 2.05) is 0 Å². The van der Waals surface area contributed by atoms with Gasteiger partial charge < -0.3 is 5.73 Å². The molecule has 0 radical (unpaired) electrons. The molecule has 2 saturated carbocycles. The SMILES string of the molecule is Cc1cc(C(N)C2C3CCCCC32)c(C)cc1Cl. The van der Waals surface area contributed by atoms with Crippen molar-refractivity contribution in [1.82, 2.24) is 0 Å². The Labute approximate surface area is 115 Å². The van der Waals surface area contributed by atoms with E-state index >= 15 is 0 Å². The van der Waals surface area contributed by atoms with Crippen LogP contribution in [0.1, 0.15) is 48.4 Å². The predicted octanol–water partition coefficient (Wildman–Crippen LogP) is 4.39. The summed E-state index contributed by atoms with van der Waals surface area (Å²) < 4.78 is 0. The summed E-state index contributed by atoms with van der Waals surface area (Å²) in [6, 6.07) is 4.49. The van der Waals surface area contributed by atoms with Crippen molar-refractivity contribution in [2.75, 3.05) is 0 Å². The van der Waals surface area contributed by atoms with Crippen LogP contribution in [0.25, 0.3) is 0 Å². The number of benzene rings is 1. The van der Waals surface area contributed by atoms with E-state index in [1.165, 1.54) is 36.8 Å². The molecule has 1 nitrogen and oxygen atoms in total. The van der Waals surface area contributed by atoms with Gasteiger partial charge in [0.2, 0.25) is 0 Å². The summed E-state index contributed by atoms with van der Waals surface area (Å²) in [7, 11) is 0. The van der Waals surface area contributed by atoms with Crippen LogP contribution in [0, 0.1) is 31.6 Å². The minimum absolute atomic E-state index is 0.217. The highest BCUT2D eigenvalue weighted by Crippen LogP contribution is 2.60. The summed E-state index contributed by atoms with van der Waals surface area (Å²) in [4.78, 5) is 0. The van der Waals surface area contributed by atoms with Gasteiger partial charge in [-0.1, -0.05) is 30.5 Å². The Bertz CT molecular complexity index is 456. The lowest BCUT2D eigenvalue weighted by molar-refractivity contribution is 0.480. The quantitative estimate of drug-likeness (QED) is 0.841. The molecule has 0 spiro atoms. The fourth-order valence-corrected chi connectivity index (χ4v) is 4.17. The van der Waals surface area contributed by atoms with Crippen LogP contribution in [-0.2, 0) is 0 Å². The zero-order chi connectivity index (χ0) is 12.9. The van der Waals surface area contributed by atoms with Crippen LogP contribution in [-0.4, -0.2) is 0 Å². The summed E-state index contributed by atoms with van der Waals surface area (Å²) in [5.74, 6) is 2.54. The second kappa shape index (κ2) is 4.54. The molecule has 1 aromatic rings. The molecular formula is C16H22ClN. The van der Waals surface area contributed by atoms with Gasteiger partial charge in [0.1, 0.15) is 0 Å². The number of rotatable bonds is 2. The molecule has 3 unspecified atom stereocenters. The van der Waals surface area contributed by atoms with Crippen molar-refractivity contribution in [3.63, 3.8) is 0 Å². The molecular weight excluding hydrogens is 242 g/mol. The van der Waals surface area contributed by atoms with Crippen LogP contribution in [0.5, 0.6) is 0 Å². The van der Waals surface area contributed by atoms with Gasteiger partial charge in [0.15, 0.2) is 0 Å². The molecule has 0 bridgehead atoms. The Morgan fingerprint density at radius 1 is 1.11 bits per heavy atom. The lowest BCUT2D eigenvalue weighted by Crippen LogP contribution is -2.16. The number of fused-ring (bicyclic) bond motifs is 1. The Balaban J connectivity index is 1.85. The first-order chi connectivity index (χ1) is 8.59. The molecule has 3 atom stereocenters.